The number of pyridine rings is 1. The molecule has 0 bridgehead atoms. The molecule has 0 spiro atoms. The first-order chi connectivity index (χ1) is 18.9. The molecule has 39 heavy (non-hydrogen) atoms. The Morgan fingerprint density at radius 2 is 1.90 bits per heavy atom. The molecule has 0 unspecified atom stereocenters. The molecule has 10 nitrogen and oxygen atoms in total. The highest BCUT2D eigenvalue weighted by Crippen LogP contribution is 2.36. The van der Waals surface area contributed by atoms with E-state index < -0.39 is 17.6 Å². The van der Waals surface area contributed by atoms with Gasteiger partial charge >= 0.3 is 0 Å². The van der Waals surface area contributed by atoms with E-state index in [1.165, 1.54) is 23.5 Å². The number of amides is 2. The number of allylic oxidation sites excluding steroid dienone is 1. The molecule has 3 aromatic heterocycles. The maximum atomic E-state index is 13.5. The van der Waals surface area contributed by atoms with Crippen LogP contribution in [-0.2, 0) is 4.79 Å². The first-order valence-corrected chi connectivity index (χ1v) is 13.1. The normalized spacial score (nSPS) is 13.2. The molecule has 1 fully saturated rings. The molecule has 11 heteroatoms. The Balaban J connectivity index is 1.43. The van der Waals surface area contributed by atoms with Gasteiger partial charge in [0.05, 0.1) is 47.1 Å². The summed E-state index contributed by atoms with van der Waals surface area (Å²) in [4.78, 5) is 51.9. The number of Topliss-reactive ketones (excluding diaryl/α,β-unsaturated/α-hetero) is 1. The van der Waals surface area contributed by atoms with E-state index in [1.54, 1.807) is 0 Å². The molecule has 1 aliphatic rings. The zero-order chi connectivity index (χ0) is 27.5. The van der Waals surface area contributed by atoms with Crippen molar-refractivity contribution in [3.05, 3.63) is 70.5 Å². The first-order valence-electron chi connectivity index (χ1n) is 12.3. The summed E-state index contributed by atoms with van der Waals surface area (Å²) in [7, 11) is 0. The van der Waals surface area contributed by atoms with E-state index in [0.717, 1.165) is 22.5 Å². The number of likely N-dealkylation sites (tertiary alicyclic amines) is 1. The summed E-state index contributed by atoms with van der Waals surface area (Å²) in [6.45, 7) is 2.80. The molecule has 0 radical (unpaired) electrons. The van der Waals surface area contributed by atoms with E-state index in [0.29, 0.717) is 65.5 Å². The van der Waals surface area contributed by atoms with E-state index in [9.17, 15) is 19.6 Å². The molecule has 0 atom stereocenters. The summed E-state index contributed by atoms with van der Waals surface area (Å²) in [5.41, 5.74) is 8.85. The third-order valence-electron chi connectivity index (χ3n) is 6.55. The van der Waals surface area contributed by atoms with Crippen LogP contribution in [0.15, 0.2) is 54.5 Å². The fourth-order valence-electron chi connectivity index (χ4n) is 4.66. The zero-order valence-electron chi connectivity index (χ0n) is 21.1. The number of piperidine rings is 1. The predicted octanol–water partition coefficient (Wildman–Crippen LogP) is 3.97. The Labute approximate surface area is 227 Å². The molecule has 0 aliphatic carbocycles. The second-order valence-electron chi connectivity index (χ2n) is 8.83. The molecule has 4 heterocycles. The van der Waals surface area contributed by atoms with Gasteiger partial charge in [0.1, 0.15) is 21.3 Å². The van der Waals surface area contributed by atoms with Gasteiger partial charge in [0.2, 0.25) is 0 Å². The van der Waals surface area contributed by atoms with Gasteiger partial charge in [-0.3, -0.25) is 14.4 Å². The summed E-state index contributed by atoms with van der Waals surface area (Å²) in [5, 5.41) is 10.6. The van der Waals surface area contributed by atoms with Crippen LogP contribution in [0.25, 0.3) is 27.2 Å². The second-order valence-corrected chi connectivity index (χ2v) is 9.86. The molecule has 5 rings (SSSR count). The topological polar surface area (TPSA) is 155 Å². The smallest absolute Gasteiger partial charge is 0.295 e. The number of nitrogens with two attached hydrogens (primary N) is 1. The number of hydrogen-bond acceptors (Lipinski definition) is 8. The van der Waals surface area contributed by atoms with E-state index in [2.05, 4.69) is 21.0 Å². The molecule has 1 saturated heterocycles. The Bertz CT molecular complexity index is 1650. The molecule has 2 amide bonds. The van der Waals surface area contributed by atoms with Crippen LogP contribution in [0, 0.1) is 11.3 Å². The number of aromatic nitrogens is 3. The summed E-state index contributed by atoms with van der Waals surface area (Å²) < 4.78 is 5.74. The number of ketones is 1. The number of carbonyl (C=O) groups excluding carboxylic acids is 3. The SMILES string of the molecule is CCOc1cnc(-c2ncc(C(N)=O)s2)c2[nH]cc(C(=O)C(=O)N3CCC(=C(C#N)c4ccccc4)CC3)c12. The minimum Gasteiger partial charge on any atom is -0.492 e. The number of benzene rings is 1. The lowest BCUT2D eigenvalue weighted by molar-refractivity contribution is -0.126. The minimum absolute atomic E-state index is 0.164. The van der Waals surface area contributed by atoms with Crippen molar-refractivity contribution in [2.45, 2.75) is 19.8 Å². The molecule has 1 aromatic carbocycles. The third-order valence-corrected chi connectivity index (χ3v) is 7.56. The quantitative estimate of drug-likeness (QED) is 0.204. The number of nitrogens with one attached hydrogen (secondary N) is 1. The number of primary amides is 1. The second kappa shape index (κ2) is 10.9. The van der Waals surface area contributed by atoms with Gasteiger partial charge in [-0.1, -0.05) is 30.3 Å². The number of hydrogen-bond donors (Lipinski definition) is 2. The largest absolute Gasteiger partial charge is 0.492 e. The molecule has 1 aliphatic heterocycles. The lowest BCUT2D eigenvalue weighted by Crippen LogP contribution is -2.40. The lowest BCUT2D eigenvalue weighted by atomic mass is 9.93. The molecule has 3 N–H and O–H groups in total. The number of ether oxygens (including phenoxy) is 1. The van der Waals surface area contributed by atoms with Crippen molar-refractivity contribution in [3.8, 4) is 22.5 Å². The van der Waals surface area contributed by atoms with E-state index in [-0.39, 0.29) is 10.4 Å². The van der Waals surface area contributed by atoms with Gasteiger partial charge in [0.15, 0.2) is 0 Å². The number of H-pyrrole nitrogens is 1. The fraction of sp³-hybridized carbons (Fsp3) is 0.214. The van der Waals surface area contributed by atoms with Gasteiger partial charge in [-0.25, -0.2) is 9.97 Å². The van der Waals surface area contributed by atoms with Crippen molar-refractivity contribution in [3.63, 3.8) is 0 Å². The maximum Gasteiger partial charge on any atom is 0.295 e. The summed E-state index contributed by atoms with van der Waals surface area (Å²) in [6, 6.07) is 11.7. The predicted molar refractivity (Wildman–Crippen MR) is 146 cm³/mol. The number of nitriles is 1. The van der Waals surface area contributed by atoms with Crippen molar-refractivity contribution in [1.82, 2.24) is 19.9 Å². The Morgan fingerprint density at radius 3 is 2.54 bits per heavy atom. The average Bonchev–Trinajstić information content (AvgIpc) is 3.63. The highest BCUT2D eigenvalue weighted by molar-refractivity contribution is 7.17. The Kier molecular flexibility index (Phi) is 7.21. The van der Waals surface area contributed by atoms with Crippen molar-refractivity contribution >= 4 is 45.4 Å². The minimum atomic E-state index is -0.674. The van der Waals surface area contributed by atoms with Crippen LogP contribution in [-0.4, -0.2) is 57.1 Å². The molecule has 4 aromatic rings. The number of rotatable bonds is 7. The summed E-state index contributed by atoms with van der Waals surface area (Å²) in [6.07, 6.45) is 5.34. The Hall–Kier alpha value is -4.82. The van der Waals surface area contributed by atoms with Crippen LogP contribution in [0.1, 0.15) is 45.4 Å². The monoisotopic (exact) mass is 540 g/mol. The molecule has 0 saturated carbocycles. The summed E-state index contributed by atoms with van der Waals surface area (Å²) in [5.74, 6) is -1.55. The number of fused-ring (bicyclic) bond motifs is 1. The van der Waals surface area contributed by atoms with E-state index in [4.69, 9.17) is 10.5 Å². The number of carbonyl (C=O) groups is 3. The van der Waals surface area contributed by atoms with Gasteiger partial charge in [-0.2, -0.15) is 5.26 Å². The van der Waals surface area contributed by atoms with Gasteiger partial charge < -0.3 is 20.4 Å². The van der Waals surface area contributed by atoms with Crippen molar-refractivity contribution in [1.29, 1.82) is 5.26 Å². The van der Waals surface area contributed by atoms with Crippen LogP contribution in [0.2, 0.25) is 0 Å². The van der Waals surface area contributed by atoms with E-state index >= 15 is 0 Å². The Morgan fingerprint density at radius 1 is 1.15 bits per heavy atom. The summed E-state index contributed by atoms with van der Waals surface area (Å²) >= 11 is 1.08. The maximum absolute atomic E-state index is 13.5. The van der Waals surface area contributed by atoms with Crippen LogP contribution in [0.4, 0.5) is 0 Å². The van der Waals surface area contributed by atoms with Crippen LogP contribution in [0.5, 0.6) is 5.75 Å². The highest BCUT2D eigenvalue weighted by Gasteiger charge is 2.30. The van der Waals surface area contributed by atoms with Gasteiger partial charge in [-0.15, -0.1) is 11.3 Å². The molecular weight excluding hydrogens is 516 g/mol. The number of aromatic amines is 1. The van der Waals surface area contributed by atoms with E-state index in [1.807, 2.05) is 37.3 Å². The number of nitrogens with zero attached hydrogens (tertiary/aromatic N) is 4. The highest BCUT2D eigenvalue weighted by atomic mass is 32.1. The molecular formula is C28H24N6O4S. The van der Waals surface area contributed by atoms with Gasteiger partial charge in [-0.05, 0) is 30.9 Å². The van der Waals surface area contributed by atoms with Crippen LogP contribution in [0.3, 0.4) is 0 Å². The van der Waals surface area contributed by atoms with Gasteiger partial charge in [0, 0.05) is 19.3 Å². The zero-order valence-corrected chi connectivity index (χ0v) is 21.9. The lowest BCUT2D eigenvalue weighted by Gasteiger charge is -2.28. The van der Waals surface area contributed by atoms with Crippen molar-refractivity contribution in [2.75, 3.05) is 19.7 Å². The van der Waals surface area contributed by atoms with Crippen LogP contribution < -0.4 is 10.5 Å². The van der Waals surface area contributed by atoms with Crippen molar-refractivity contribution < 1.29 is 19.1 Å². The average molecular weight is 541 g/mol. The number of thiazole rings is 1. The first kappa shape index (κ1) is 25.8. The standard InChI is InChI=1S/C28H24N6O4S/c1-2-38-20-14-32-24(27-33-15-21(39-27)26(30)36)23-22(20)19(13-31-23)25(35)28(37)34-10-8-17(9-11-34)18(12-29)16-6-4-3-5-7-16/h3-7,13-15,31H,2,8-11H2,1H3,(H2,30,36). The third kappa shape index (κ3) is 4.89. The van der Waals surface area contributed by atoms with Crippen molar-refractivity contribution in [2.24, 2.45) is 5.73 Å². The van der Waals surface area contributed by atoms with Gasteiger partial charge in [0.25, 0.3) is 17.6 Å². The fourth-order valence-corrected chi connectivity index (χ4v) is 5.43. The molecule has 196 valence electrons. The van der Waals surface area contributed by atoms with Crippen LogP contribution >= 0.6 is 11.3 Å².